The van der Waals surface area contributed by atoms with Gasteiger partial charge in [0, 0.05) is 40.9 Å². The van der Waals surface area contributed by atoms with E-state index in [-0.39, 0.29) is 71.2 Å². The van der Waals surface area contributed by atoms with Gasteiger partial charge in [-0.2, -0.15) is 0 Å². The van der Waals surface area contributed by atoms with Crippen LogP contribution in [0.25, 0.3) is 0 Å². The van der Waals surface area contributed by atoms with Crippen LogP contribution in [0.1, 0.15) is 90.7 Å². The van der Waals surface area contributed by atoms with Crippen molar-refractivity contribution in [2.75, 3.05) is 23.3 Å². The average Bonchev–Trinajstić information content (AvgIpc) is 4.03. The maximum absolute atomic E-state index is 13.8. The van der Waals surface area contributed by atoms with E-state index in [0.29, 0.717) is 40.0 Å². The van der Waals surface area contributed by atoms with Gasteiger partial charge in [-0.1, -0.05) is 50.2 Å². The third-order valence-corrected chi connectivity index (χ3v) is 14.4. The molecule has 2 aliphatic heterocycles. The van der Waals surface area contributed by atoms with Crippen LogP contribution < -0.4 is 71.5 Å². The number of aliphatic carboxylic acids is 3. The zero-order valence-electron chi connectivity index (χ0n) is 43.4. The van der Waals surface area contributed by atoms with Gasteiger partial charge in [-0.05, 0) is 98.0 Å². The molecule has 0 spiro atoms. The van der Waals surface area contributed by atoms with Gasteiger partial charge in [0.25, 0.3) is 15.9 Å². The number of anilines is 2. The Balaban J connectivity index is 0.0000112. The number of nitrogens with zero attached hydrogens (tertiary/aromatic N) is 2. The second-order valence-electron chi connectivity index (χ2n) is 19.3. The predicted octanol–water partition coefficient (Wildman–Crippen LogP) is -0.597. The maximum atomic E-state index is 13.8. The molecule has 5 atom stereocenters. The van der Waals surface area contributed by atoms with E-state index in [9.17, 15) is 66.6 Å². The first-order chi connectivity index (χ1) is 36.1. The molecule has 2 heterocycles. The molecule has 0 aromatic heterocycles. The van der Waals surface area contributed by atoms with Crippen molar-refractivity contribution in [1.29, 1.82) is 0 Å². The van der Waals surface area contributed by atoms with Crippen molar-refractivity contribution < 1.29 is 106 Å². The number of urea groups is 1. The van der Waals surface area contributed by atoms with E-state index in [4.69, 9.17) is 15.6 Å². The third-order valence-electron chi connectivity index (χ3n) is 12.7. The van der Waals surface area contributed by atoms with Crippen LogP contribution in [-0.2, 0) is 60.2 Å². The van der Waals surface area contributed by atoms with Crippen LogP contribution >= 0.6 is 0 Å². The summed E-state index contributed by atoms with van der Waals surface area (Å²) < 4.78 is 33.9. The molecular formula is C52H58N8NaO16S+. The van der Waals surface area contributed by atoms with Crippen LogP contribution in [0.3, 0.4) is 0 Å². The number of esters is 1. The predicted molar refractivity (Wildman–Crippen MR) is 274 cm³/mol. The quantitative estimate of drug-likeness (QED) is 0.0270. The molecule has 0 bridgehead atoms. The molecule has 408 valence electrons. The molecule has 24 nitrogen and oxygen atoms in total. The summed E-state index contributed by atoms with van der Waals surface area (Å²) in [6, 6.07) is 14.7. The summed E-state index contributed by atoms with van der Waals surface area (Å²) >= 11 is 0. The molecule has 10 N–H and O–H groups in total. The molecule has 4 aromatic rings. The second kappa shape index (κ2) is 25.6. The Hall–Kier alpha value is -7.71. The summed E-state index contributed by atoms with van der Waals surface area (Å²) in [5.74, 6) is -10.2. The van der Waals surface area contributed by atoms with Gasteiger partial charge in [0.1, 0.15) is 23.9 Å². The van der Waals surface area contributed by atoms with Crippen molar-refractivity contribution in [2.24, 2.45) is 5.73 Å². The molecule has 4 aromatic carbocycles. The SMILES string of the molecule is Cc1cc(C)c(C(C)(C)CC(=O)Nc2ccc(C(=O)N3CCc4cc(S(=O)(=O)N5C[C@H](c6ccccc6)NC5=O)ccc43)cc2)c(OC(=O)C(C)NC(=O)[C@H](CC(=O)O)NC(=O)[C@H](CC(=O)O)NC(=O)[C@@H](N)CC(=O)O)c1.[Na+]. The molecule has 7 amide bonds. The van der Waals surface area contributed by atoms with E-state index in [1.54, 1.807) is 82.3 Å². The van der Waals surface area contributed by atoms with Crippen molar-refractivity contribution in [2.45, 2.75) is 107 Å². The summed E-state index contributed by atoms with van der Waals surface area (Å²) in [4.78, 5) is 128. The fourth-order valence-electron chi connectivity index (χ4n) is 9.07. The van der Waals surface area contributed by atoms with Crippen LogP contribution in [0.2, 0.25) is 0 Å². The van der Waals surface area contributed by atoms with E-state index in [1.165, 1.54) is 36.1 Å². The number of ether oxygens (including phenoxy) is 1. The molecule has 6 rings (SSSR count). The number of hydrogen-bond donors (Lipinski definition) is 9. The number of carbonyl (C=O) groups is 10. The van der Waals surface area contributed by atoms with Gasteiger partial charge in [-0.15, -0.1) is 0 Å². The van der Waals surface area contributed by atoms with Crippen molar-refractivity contribution in [3.05, 3.63) is 118 Å². The van der Waals surface area contributed by atoms with Crippen molar-refractivity contribution in [1.82, 2.24) is 25.6 Å². The van der Waals surface area contributed by atoms with E-state index in [1.807, 2.05) is 11.4 Å². The van der Waals surface area contributed by atoms with Gasteiger partial charge in [-0.3, -0.25) is 38.4 Å². The first-order valence-electron chi connectivity index (χ1n) is 24.0. The van der Waals surface area contributed by atoms with Crippen LogP contribution in [-0.4, -0.2) is 125 Å². The number of nitrogens with one attached hydrogen (secondary N) is 5. The van der Waals surface area contributed by atoms with Gasteiger partial charge < -0.3 is 57.3 Å². The van der Waals surface area contributed by atoms with E-state index in [2.05, 4.69) is 21.3 Å². The van der Waals surface area contributed by atoms with E-state index < -0.39 is 118 Å². The van der Waals surface area contributed by atoms with Crippen molar-refractivity contribution >= 4 is 80.8 Å². The molecule has 1 unspecified atom stereocenters. The molecule has 0 radical (unpaired) electrons. The molecular weight excluding hydrogens is 1050 g/mol. The summed E-state index contributed by atoms with van der Waals surface area (Å²) in [6.07, 6.45) is -2.78. The molecule has 0 aliphatic carbocycles. The summed E-state index contributed by atoms with van der Waals surface area (Å²) in [6.45, 7) is 8.35. The number of fused-ring (bicyclic) bond motifs is 1. The third kappa shape index (κ3) is 15.1. The number of carboxylic acids is 3. The minimum atomic E-state index is -4.22. The topological polar surface area (TPSA) is 367 Å². The molecule has 1 fully saturated rings. The van der Waals surface area contributed by atoms with Gasteiger partial charge in [-0.25, -0.2) is 22.3 Å². The number of benzene rings is 4. The van der Waals surface area contributed by atoms with E-state index in [0.717, 1.165) is 9.87 Å². The monoisotopic (exact) mass is 1110 g/mol. The molecule has 2 aliphatic rings. The normalized spacial score (nSPS) is 15.5. The first kappa shape index (κ1) is 61.1. The van der Waals surface area contributed by atoms with Crippen LogP contribution in [0.4, 0.5) is 16.2 Å². The minimum Gasteiger partial charge on any atom is -0.481 e. The first-order valence-corrected chi connectivity index (χ1v) is 25.5. The zero-order chi connectivity index (χ0) is 56.7. The molecule has 78 heavy (non-hydrogen) atoms. The van der Waals surface area contributed by atoms with Crippen molar-refractivity contribution in [3.8, 4) is 5.75 Å². The van der Waals surface area contributed by atoms with Gasteiger partial charge in [0.05, 0.1) is 42.8 Å². The number of carboxylic acid groups (broad SMARTS) is 3. The standard InChI is InChI=1S/C52H58N8O16S.Na/c1-27-19-28(2)45(40(20-27)76-50(72)29(3)54-47(69)36(23-43(64)65)57-48(70)37(24-44(66)67)56-46(68)35(53)22-42(62)63)52(4,5)25-41(61)55-33-13-11-31(12-14-33)49(71)59-18-17-32-21-34(15-16-39(32)59)77(74,75)60-26-38(58-51(60)73)30-9-7-6-8-10-30;/h6-16,19-21,29,35-38H,17-18,22-26,53H2,1-5H3,(H,54,69)(H,55,61)(H,56,68)(H,57,70)(H,58,73)(H,62,63)(H,64,65)(H,66,67);/q;+1/t29?,35-,36-,37-,38+;/m0./s1. The summed E-state index contributed by atoms with van der Waals surface area (Å²) in [5.41, 5.74) is 8.78. The van der Waals surface area contributed by atoms with Crippen molar-refractivity contribution in [3.63, 3.8) is 0 Å². The fraction of sp³-hybridized carbons (Fsp3) is 0.346. The van der Waals surface area contributed by atoms with Gasteiger partial charge >= 0.3 is 59.5 Å². The number of aryl methyl sites for hydroxylation is 2. The summed E-state index contributed by atoms with van der Waals surface area (Å²) in [7, 11) is -4.22. The van der Waals surface area contributed by atoms with Crippen LogP contribution in [0.5, 0.6) is 5.75 Å². The number of amides is 7. The minimum absolute atomic E-state index is 0. The Morgan fingerprint density at radius 1 is 0.795 bits per heavy atom. The Morgan fingerprint density at radius 3 is 1.99 bits per heavy atom. The number of rotatable bonds is 22. The molecule has 0 saturated carbocycles. The number of hydrogen-bond acceptors (Lipinski definition) is 14. The fourth-order valence-corrected chi connectivity index (χ4v) is 10.5. The molecule has 1 saturated heterocycles. The van der Waals surface area contributed by atoms with Crippen LogP contribution in [0, 0.1) is 13.8 Å². The average molecular weight is 1110 g/mol. The Labute approximate surface area is 470 Å². The van der Waals surface area contributed by atoms with Gasteiger partial charge in [0.2, 0.25) is 23.6 Å². The smallest absolute Gasteiger partial charge is 0.481 e. The number of carbonyl (C=O) groups excluding carboxylic acids is 7. The second-order valence-corrected chi connectivity index (χ2v) is 21.1. The Kier molecular flexibility index (Phi) is 20.1. The van der Waals surface area contributed by atoms with Crippen LogP contribution in [0.15, 0.2) is 89.8 Å². The largest absolute Gasteiger partial charge is 1.00 e. The Bertz CT molecular complexity index is 3140. The van der Waals surface area contributed by atoms with E-state index >= 15 is 0 Å². The number of sulfonamides is 1. The van der Waals surface area contributed by atoms with Gasteiger partial charge in [0.15, 0.2) is 0 Å². The maximum Gasteiger partial charge on any atom is 1.00 e. The Morgan fingerprint density at radius 2 is 1.38 bits per heavy atom. The summed E-state index contributed by atoms with van der Waals surface area (Å²) in [5, 5.41) is 39.7. The zero-order valence-corrected chi connectivity index (χ0v) is 46.3. The number of nitrogens with two attached hydrogens (primary N) is 1. The molecule has 26 heteroatoms.